The Morgan fingerprint density at radius 2 is 1.45 bits per heavy atom. The molecule has 1 heterocycles. The summed E-state index contributed by atoms with van der Waals surface area (Å²) in [6.07, 6.45) is 0. The Morgan fingerprint density at radius 3 is 2.27 bits per heavy atom. The van der Waals surface area contributed by atoms with Crippen LogP contribution in [0.2, 0.25) is 0 Å². The predicted molar refractivity (Wildman–Crippen MR) is 130 cm³/mol. The lowest BCUT2D eigenvalue weighted by molar-refractivity contribution is 0.103. The summed E-state index contributed by atoms with van der Waals surface area (Å²) in [5.41, 5.74) is 6.54. The average Bonchev–Trinajstić information content (AvgIpc) is 2.84. The quantitative estimate of drug-likeness (QED) is 0.307. The Labute approximate surface area is 191 Å². The molecule has 158 valence electrons. The van der Waals surface area contributed by atoms with Gasteiger partial charge in [0, 0.05) is 27.5 Å². The van der Waals surface area contributed by atoms with Crippen LogP contribution in [0.25, 0.3) is 33.3 Å². The Bertz CT molecular complexity index is 1570. The van der Waals surface area contributed by atoms with Crippen LogP contribution in [0, 0.1) is 13.8 Å². The van der Waals surface area contributed by atoms with E-state index >= 15 is 0 Å². The highest BCUT2D eigenvalue weighted by atomic mass is 16.5. The topological polar surface area (TPSA) is 52.1 Å². The van der Waals surface area contributed by atoms with Gasteiger partial charge in [-0.05, 0) is 31.5 Å². The molecule has 1 aliphatic rings. The van der Waals surface area contributed by atoms with E-state index in [0.29, 0.717) is 22.6 Å². The highest BCUT2D eigenvalue weighted by molar-refractivity contribution is 6.27. The van der Waals surface area contributed by atoms with Crippen molar-refractivity contribution in [2.75, 3.05) is 0 Å². The van der Waals surface area contributed by atoms with Crippen molar-refractivity contribution in [1.82, 2.24) is 10.2 Å². The zero-order valence-electron chi connectivity index (χ0n) is 18.3. The van der Waals surface area contributed by atoms with Gasteiger partial charge in [-0.25, -0.2) is 0 Å². The molecule has 5 aromatic rings. The van der Waals surface area contributed by atoms with E-state index in [1.807, 2.05) is 92.7 Å². The van der Waals surface area contributed by atoms with E-state index in [-0.39, 0.29) is 5.78 Å². The Morgan fingerprint density at radius 1 is 0.697 bits per heavy atom. The second kappa shape index (κ2) is 7.38. The second-order valence-corrected chi connectivity index (χ2v) is 8.37. The summed E-state index contributed by atoms with van der Waals surface area (Å²) in [7, 11) is 0. The van der Waals surface area contributed by atoms with Gasteiger partial charge in [0.2, 0.25) is 0 Å². The van der Waals surface area contributed by atoms with Crippen molar-refractivity contribution >= 4 is 16.6 Å². The van der Waals surface area contributed by atoms with Gasteiger partial charge in [-0.2, -0.15) is 0 Å². The minimum atomic E-state index is -0.0597. The first-order valence-electron chi connectivity index (χ1n) is 10.9. The molecule has 0 atom stereocenters. The maximum Gasteiger partial charge on any atom is 0.198 e. The van der Waals surface area contributed by atoms with E-state index in [9.17, 15) is 4.79 Å². The lowest BCUT2D eigenvalue weighted by Crippen LogP contribution is -2.13. The third-order valence-electron chi connectivity index (χ3n) is 6.16. The number of aryl methyl sites for hydroxylation is 2. The van der Waals surface area contributed by atoms with Crippen molar-refractivity contribution in [3.8, 4) is 34.0 Å². The van der Waals surface area contributed by atoms with E-state index in [1.54, 1.807) is 0 Å². The molecule has 4 aromatic carbocycles. The smallest absolute Gasteiger partial charge is 0.198 e. The number of ether oxygens (including phenoxy) is 1. The van der Waals surface area contributed by atoms with Crippen molar-refractivity contribution in [2.24, 2.45) is 0 Å². The second-order valence-electron chi connectivity index (χ2n) is 8.37. The molecule has 0 amide bonds. The minimum Gasteiger partial charge on any atom is -0.456 e. The van der Waals surface area contributed by atoms with Crippen molar-refractivity contribution in [3.63, 3.8) is 0 Å². The van der Waals surface area contributed by atoms with Crippen LogP contribution in [-0.2, 0) is 0 Å². The summed E-state index contributed by atoms with van der Waals surface area (Å²) >= 11 is 0. The minimum absolute atomic E-state index is 0.0597. The van der Waals surface area contributed by atoms with Crippen LogP contribution >= 0.6 is 0 Å². The van der Waals surface area contributed by atoms with Gasteiger partial charge in [-0.3, -0.25) is 4.79 Å². The molecule has 0 saturated carbocycles. The molecular formula is C29H20N2O2. The molecule has 6 rings (SSSR count). The Hall–Kier alpha value is -4.31. The van der Waals surface area contributed by atoms with Crippen LogP contribution in [0.4, 0.5) is 0 Å². The number of carbonyl (C=O) groups is 1. The van der Waals surface area contributed by atoms with Crippen LogP contribution in [0.3, 0.4) is 0 Å². The molecule has 4 heteroatoms. The first-order chi connectivity index (χ1) is 16.1. The Balaban J connectivity index is 1.57. The van der Waals surface area contributed by atoms with Gasteiger partial charge in [0.1, 0.15) is 22.9 Å². The lowest BCUT2D eigenvalue weighted by atomic mass is 9.84. The van der Waals surface area contributed by atoms with E-state index in [0.717, 1.165) is 44.5 Å². The molecule has 0 radical (unpaired) electrons. The molecular weight excluding hydrogens is 408 g/mol. The fourth-order valence-electron chi connectivity index (χ4n) is 4.61. The third kappa shape index (κ3) is 3.03. The number of aromatic nitrogens is 2. The first kappa shape index (κ1) is 19.4. The van der Waals surface area contributed by atoms with Crippen LogP contribution in [-0.4, -0.2) is 16.0 Å². The Kier molecular flexibility index (Phi) is 4.34. The molecule has 1 aliphatic carbocycles. The highest BCUT2D eigenvalue weighted by Crippen LogP contribution is 2.44. The monoisotopic (exact) mass is 428 g/mol. The summed E-state index contributed by atoms with van der Waals surface area (Å²) in [4.78, 5) is 13.8. The summed E-state index contributed by atoms with van der Waals surface area (Å²) in [5, 5.41) is 11.0. The first-order valence-corrected chi connectivity index (χ1v) is 10.9. The van der Waals surface area contributed by atoms with Gasteiger partial charge in [0.05, 0.1) is 5.56 Å². The number of carbonyl (C=O) groups excluding carboxylic acids is 1. The summed E-state index contributed by atoms with van der Waals surface area (Å²) in [5.74, 6) is 1.20. The normalized spacial score (nSPS) is 12.0. The zero-order valence-corrected chi connectivity index (χ0v) is 18.3. The maximum absolute atomic E-state index is 13.8. The highest BCUT2D eigenvalue weighted by Gasteiger charge is 2.31. The number of hydrogen-bond acceptors (Lipinski definition) is 4. The van der Waals surface area contributed by atoms with Crippen molar-refractivity contribution in [3.05, 3.63) is 107 Å². The van der Waals surface area contributed by atoms with Gasteiger partial charge in [0.15, 0.2) is 5.78 Å². The van der Waals surface area contributed by atoms with Crippen molar-refractivity contribution in [1.29, 1.82) is 0 Å². The number of ketones is 1. The largest absolute Gasteiger partial charge is 0.456 e. The van der Waals surface area contributed by atoms with Gasteiger partial charge in [-0.1, -0.05) is 78.4 Å². The number of rotatable bonds is 3. The van der Waals surface area contributed by atoms with Crippen LogP contribution in [0.15, 0.2) is 84.9 Å². The van der Waals surface area contributed by atoms with E-state index in [4.69, 9.17) is 4.74 Å². The van der Waals surface area contributed by atoms with Gasteiger partial charge < -0.3 is 4.74 Å². The number of fused-ring (bicyclic) bond motifs is 2. The molecule has 0 aliphatic heterocycles. The molecule has 0 fully saturated rings. The number of hydrogen-bond donors (Lipinski definition) is 0. The van der Waals surface area contributed by atoms with Gasteiger partial charge >= 0.3 is 0 Å². The predicted octanol–water partition coefficient (Wildman–Crippen LogP) is 6.92. The summed E-state index contributed by atoms with van der Waals surface area (Å²) < 4.78 is 6.27. The van der Waals surface area contributed by atoms with Gasteiger partial charge in [-0.15, -0.1) is 10.2 Å². The van der Waals surface area contributed by atoms with E-state index in [2.05, 4.69) is 16.3 Å². The molecule has 0 N–H and O–H groups in total. The molecule has 4 nitrogen and oxygen atoms in total. The van der Waals surface area contributed by atoms with E-state index in [1.165, 1.54) is 0 Å². The summed E-state index contributed by atoms with van der Waals surface area (Å²) in [6, 6.07) is 27.4. The van der Waals surface area contributed by atoms with Crippen LogP contribution in [0.5, 0.6) is 11.5 Å². The zero-order chi connectivity index (χ0) is 22.5. The molecule has 0 unspecified atom stereocenters. The fourth-order valence-corrected chi connectivity index (χ4v) is 4.61. The number of nitrogens with zero attached hydrogens (tertiary/aromatic N) is 2. The lowest BCUT2D eigenvalue weighted by Gasteiger charge is -2.22. The molecule has 0 saturated heterocycles. The van der Waals surface area contributed by atoms with Gasteiger partial charge in [0.25, 0.3) is 0 Å². The van der Waals surface area contributed by atoms with E-state index < -0.39 is 0 Å². The molecule has 1 aromatic heterocycles. The van der Waals surface area contributed by atoms with Crippen molar-refractivity contribution in [2.45, 2.75) is 13.8 Å². The third-order valence-corrected chi connectivity index (χ3v) is 6.16. The van der Waals surface area contributed by atoms with Crippen LogP contribution < -0.4 is 4.74 Å². The number of benzene rings is 4. The summed E-state index contributed by atoms with van der Waals surface area (Å²) in [6.45, 7) is 4.05. The fraction of sp³-hybridized carbons (Fsp3) is 0.0690. The molecule has 33 heavy (non-hydrogen) atoms. The van der Waals surface area contributed by atoms with Crippen LogP contribution in [0.1, 0.15) is 27.0 Å². The molecule has 0 spiro atoms. The standard InChI is InChI=1S/C29H20N2O2/c1-17-14-15-23(18(2)16-17)33-24-13-7-11-21-26(24)29(32)22-12-6-10-20-25(22)28(21)31-30-27(20)19-8-4-3-5-9-19/h3-16H,1-2H3. The molecule has 0 bridgehead atoms. The maximum atomic E-state index is 13.8. The average molecular weight is 428 g/mol. The SMILES string of the molecule is Cc1ccc(Oc2cccc3c2C(=O)c2cccc4c(-c5ccccc5)nnc-3c24)c(C)c1. The van der Waals surface area contributed by atoms with Crippen molar-refractivity contribution < 1.29 is 9.53 Å².